The number of unbranched alkanes of at least 4 members (excludes halogenated alkanes) is 3. The Bertz CT molecular complexity index is 855. The van der Waals surface area contributed by atoms with Gasteiger partial charge in [-0.3, -0.25) is 19.4 Å². The highest BCUT2D eigenvalue weighted by Gasteiger charge is 2.46. The quantitative estimate of drug-likeness (QED) is 0.109. The maximum atomic E-state index is 12.8. The predicted molar refractivity (Wildman–Crippen MR) is 163 cm³/mol. The fourth-order valence-electron chi connectivity index (χ4n) is 6.67. The average molecular weight is 579 g/mol. The predicted octanol–water partition coefficient (Wildman–Crippen LogP) is 6.45. The highest BCUT2D eigenvalue weighted by Crippen LogP contribution is 2.38. The molecule has 0 spiro atoms. The van der Waals surface area contributed by atoms with Crippen LogP contribution in [0.4, 0.5) is 9.59 Å². The van der Waals surface area contributed by atoms with Crippen molar-refractivity contribution in [1.82, 2.24) is 19.6 Å². The molecular formula is C32H58N4O5. The molecule has 0 bridgehead atoms. The molecule has 0 saturated carbocycles. The second kappa shape index (κ2) is 17.1. The van der Waals surface area contributed by atoms with Crippen LogP contribution in [-0.4, -0.2) is 95.0 Å². The number of urea groups is 2. The zero-order valence-electron chi connectivity index (χ0n) is 27.0. The number of ether oxygens (including phenoxy) is 1. The van der Waals surface area contributed by atoms with Gasteiger partial charge in [0, 0.05) is 32.8 Å². The highest BCUT2D eigenvalue weighted by molar-refractivity contribution is 6.03. The lowest BCUT2D eigenvalue weighted by atomic mass is 9.74. The number of rotatable bonds is 22. The maximum absolute atomic E-state index is 12.8. The minimum atomic E-state index is -0.392. The number of likely N-dealkylation sites (N-methyl/N-ethyl adjacent to an activating group) is 2. The summed E-state index contributed by atoms with van der Waals surface area (Å²) in [5.41, 5.74) is -0.0764. The van der Waals surface area contributed by atoms with Crippen molar-refractivity contribution in [3.8, 4) is 0 Å². The number of nitrogens with zero attached hydrogens (tertiary/aromatic N) is 4. The zero-order valence-corrected chi connectivity index (χ0v) is 27.0. The van der Waals surface area contributed by atoms with Gasteiger partial charge in [-0.15, -0.1) is 0 Å². The van der Waals surface area contributed by atoms with E-state index in [0.29, 0.717) is 31.7 Å². The van der Waals surface area contributed by atoms with Gasteiger partial charge in [-0.2, -0.15) is 0 Å². The van der Waals surface area contributed by atoms with Gasteiger partial charge in [-0.1, -0.05) is 53.4 Å². The molecule has 2 rings (SSSR count). The van der Waals surface area contributed by atoms with Crippen LogP contribution < -0.4 is 0 Å². The molecule has 0 aromatic carbocycles. The second-order valence-corrected chi connectivity index (χ2v) is 12.0. The normalized spacial score (nSPS) is 16.7. The summed E-state index contributed by atoms with van der Waals surface area (Å²) in [6, 6.07) is -0.266. The smallest absolute Gasteiger partial charge is 0.327 e. The van der Waals surface area contributed by atoms with Gasteiger partial charge in [0.15, 0.2) is 0 Å². The van der Waals surface area contributed by atoms with Crippen LogP contribution in [0.2, 0.25) is 0 Å². The van der Waals surface area contributed by atoms with E-state index in [1.54, 1.807) is 14.7 Å². The van der Waals surface area contributed by atoms with Gasteiger partial charge in [-0.25, -0.2) is 9.59 Å². The highest BCUT2D eigenvalue weighted by atomic mass is 16.5. The molecule has 0 atom stereocenters. The second-order valence-electron chi connectivity index (χ2n) is 12.0. The Kier molecular flexibility index (Phi) is 14.6. The van der Waals surface area contributed by atoms with E-state index >= 15 is 0 Å². The zero-order chi connectivity index (χ0) is 30.5. The molecule has 0 N–H and O–H groups in total. The number of carbonyl (C=O) groups is 4. The van der Waals surface area contributed by atoms with Crippen LogP contribution in [0.15, 0.2) is 0 Å². The van der Waals surface area contributed by atoms with Crippen molar-refractivity contribution in [2.24, 2.45) is 5.41 Å². The van der Waals surface area contributed by atoms with Gasteiger partial charge in [0.25, 0.3) is 5.91 Å². The fraction of sp³-hybridized carbons (Fsp3) is 0.875. The van der Waals surface area contributed by atoms with E-state index in [0.717, 1.165) is 83.7 Å². The van der Waals surface area contributed by atoms with E-state index in [1.165, 1.54) is 11.3 Å². The van der Waals surface area contributed by atoms with Crippen LogP contribution in [0, 0.1) is 5.41 Å². The molecule has 2 aliphatic heterocycles. The Labute approximate surface area is 249 Å². The van der Waals surface area contributed by atoms with E-state index in [9.17, 15) is 19.2 Å². The molecule has 2 saturated heterocycles. The van der Waals surface area contributed by atoms with Gasteiger partial charge < -0.3 is 14.5 Å². The SMILES string of the molecule is CCN1CC(=O)N(CCCCC(CC)(CC)CCCCOCCCCC(CC)(CC)N2C(=O)CN(CC)C2=O)C1=O. The number of carbonyl (C=O) groups excluding carboxylic acids is 4. The molecule has 0 aromatic rings. The first-order valence-electron chi connectivity index (χ1n) is 16.5. The average Bonchev–Trinajstić information content (AvgIpc) is 3.44. The first-order valence-corrected chi connectivity index (χ1v) is 16.5. The molecule has 0 aromatic heterocycles. The summed E-state index contributed by atoms with van der Waals surface area (Å²) >= 11 is 0. The summed E-state index contributed by atoms with van der Waals surface area (Å²) in [7, 11) is 0. The van der Waals surface area contributed by atoms with E-state index in [1.807, 2.05) is 13.8 Å². The minimum absolute atomic E-state index is 0.0628. The van der Waals surface area contributed by atoms with Gasteiger partial charge >= 0.3 is 12.1 Å². The van der Waals surface area contributed by atoms with Crippen LogP contribution in [0.1, 0.15) is 125 Å². The summed E-state index contributed by atoms with van der Waals surface area (Å²) in [5, 5.41) is 0. The van der Waals surface area contributed by atoms with Crippen molar-refractivity contribution in [1.29, 1.82) is 0 Å². The van der Waals surface area contributed by atoms with Crippen LogP contribution in [0.3, 0.4) is 0 Å². The third-order valence-electron chi connectivity index (χ3n) is 9.99. The van der Waals surface area contributed by atoms with Crippen molar-refractivity contribution in [3.05, 3.63) is 0 Å². The van der Waals surface area contributed by atoms with E-state index in [-0.39, 0.29) is 37.0 Å². The van der Waals surface area contributed by atoms with Crippen molar-refractivity contribution < 1.29 is 23.9 Å². The molecule has 2 fully saturated rings. The number of amides is 6. The maximum Gasteiger partial charge on any atom is 0.327 e. The number of hydrogen-bond acceptors (Lipinski definition) is 5. The number of imide groups is 2. The van der Waals surface area contributed by atoms with Crippen LogP contribution >= 0.6 is 0 Å². The summed E-state index contributed by atoms with van der Waals surface area (Å²) in [6.45, 7) is 16.1. The van der Waals surface area contributed by atoms with Gasteiger partial charge in [0.1, 0.15) is 13.1 Å². The van der Waals surface area contributed by atoms with Crippen molar-refractivity contribution in [2.45, 2.75) is 131 Å². The molecule has 41 heavy (non-hydrogen) atoms. The van der Waals surface area contributed by atoms with Crippen LogP contribution in [0.5, 0.6) is 0 Å². The standard InChI is InChI=1S/C32H58N4O5/c1-7-31(8-2,19-13-16-22-35-27(37)25-33(11-5)29(35)39)20-14-17-23-41-24-18-15-21-32(9-3,10-4)36-28(38)26-34(12-6)30(36)40/h7-26H2,1-6H3. The molecule has 9 nitrogen and oxygen atoms in total. The minimum Gasteiger partial charge on any atom is -0.381 e. The molecule has 0 unspecified atom stereocenters. The Morgan fingerprint density at radius 2 is 1.12 bits per heavy atom. The van der Waals surface area contributed by atoms with Gasteiger partial charge in [-0.05, 0) is 77.0 Å². The molecule has 2 aliphatic rings. The third-order valence-corrected chi connectivity index (χ3v) is 9.99. The molecule has 0 radical (unpaired) electrons. The first-order chi connectivity index (χ1) is 19.7. The fourth-order valence-corrected chi connectivity index (χ4v) is 6.67. The third kappa shape index (κ3) is 8.91. The van der Waals surface area contributed by atoms with Crippen LogP contribution in [-0.2, 0) is 14.3 Å². The first kappa shape index (κ1) is 35.0. The summed E-state index contributed by atoms with van der Waals surface area (Å²) < 4.78 is 5.96. The Hall–Kier alpha value is -2.16. The Morgan fingerprint density at radius 1 is 0.610 bits per heavy atom. The van der Waals surface area contributed by atoms with Gasteiger partial charge in [0.2, 0.25) is 5.91 Å². The Morgan fingerprint density at radius 3 is 1.61 bits per heavy atom. The lowest BCUT2D eigenvalue weighted by Crippen LogP contribution is -2.51. The van der Waals surface area contributed by atoms with Gasteiger partial charge in [0.05, 0.1) is 5.54 Å². The lowest BCUT2D eigenvalue weighted by Gasteiger charge is -2.39. The summed E-state index contributed by atoms with van der Waals surface area (Å²) in [4.78, 5) is 56.1. The van der Waals surface area contributed by atoms with E-state index in [4.69, 9.17) is 4.74 Å². The molecule has 9 heteroatoms. The van der Waals surface area contributed by atoms with Crippen molar-refractivity contribution >= 4 is 23.9 Å². The number of hydrogen-bond donors (Lipinski definition) is 0. The summed E-state index contributed by atoms with van der Waals surface area (Å²) in [6.07, 6.45) is 12.9. The van der Waals surface area contributed by atoms with E-state index < -0.39 is 5.54 Å². The largest absolute Gasteiger partial charge is 0.381 e. The van der Waals surface area contributed by atoms with Crippen LogP contribution in [0.25, 0.3) is 0 Å². The molecular weight excluding hydrogens is 520 g/mol. The summed E-state index contributed by atoms with van der Waals surface area (Å²) in [5.74, 6) is -0.128. The monoisotopic (exact) mass is 578 g/mol. The topological polar surface area (TPSA) is 90.5 Å². The van der Waals surface area contributed by atoms with Crippen molar-refractivity contribution in [2.75, 3.05) is 45.9 Å². The van der Waals surface area contributed by atoms with Crippen molar-refractivity contribution in [3.63, 3.8) is 0 Å². The molecule has 6 amide bonds. The molecule has 2 heterocycles. The molecule has 236 valence electrons. The Balaban J connectivity index is 1.64. The van der Waals surface area contributed by atoms with E-state index in [2.05, 4.69) is 27.7 Å². The molecule has 0 aliphatic carbocycles. The lowest BCUT2D eigenvalue weighted by molar-refractivity contribution is -0.130.